The largest absolute Gasteiger partial charge is 0.481 e. The van der Waals surface area contributed by atoms with Gasteiger partial charge < -0.3 is 14.7 Å². The Balaban J connectivity index is 3.56. The third kappa shape index (κ3) is 6.80. The van der Waals surface area contributed by atoms with E-state index < -0.39 is 11.4 Å². The van der Waals surface area contributed by atoms with Crippen molar-refractivity contribution in [2.24, 2.45) is 5.41 Å². The summed E-state index contributed by atoms with van der Waals surface area (Å²) in [5.41, 5.74) is -0.592. The van der Waals surface area contributed by atoms with E-state index in [0.717, 1.165) is 39.0 Å². The summed E-state index contributed by atoms with van der Waals surface area (Å²) in [7, 11) is 3.75. The van der Waals surface area contributed by atoms with Gasteiger partial charge in [-0.1, -0.05) is 6.42 Å². The monoisotopic (exact) mass is 231 g/mol. The third-order valence-corrected chi connectivity index (χ3v) is 2.85. The second-order valence-corrected chi connectivity index (χ2v) is 4.94. The summed E-state index contributed by atoms with van der Waals surface area (Å²) in [5.74, 6) is -0.708. The van der Waals surface area contributed by atoms with Crippen LogP contribution in [0.15, 0.2) is 0 Å². The standard InChI is InChI=1S/C12H25NO3/c1-12(2,11(14)15)7-5-6-8-13(3)9-10-16-4/h5-10H2,1-4H3,(H,14,15). The molecule has 0 bridgehead atoms. The molecule has 4 heteroatoms. The first-order chi connectivity index (χ1) is 7.40. The SMILES string of the molecule is COCCN(C)CCCCC(C)(C)C(=O)O. The number of aliphatic carboxylic acids is 1. The summed E-state index contributed by atoms with van der Waals surface area (Å²) in [6, 6.07) is 0. The van der Waals surface area contributed by atoms with E-state index in [4.69, 9.17) is 9.84 Å². The van der Waals surface area contributed by atoms with Gasteiger partial charge in [-0.2, -0.15) is 0 Å². The van der Waals surface area contributed by atoms with Crippen LogP contribution in [0.25, 0.3) is 0 Å². The minimum absolute atomic E-state index is 0.592. The van der Waals surface area contributed by atoms with Crippen LogP contribution in [0.1, 0.15) is 33.1 Å². The number of ether oxygens (including phenoxy) is 1. The first-order valence-corrected chi connectivity index (χ1v) is 5.81. The Morgan fingerprint density at radius 3 is 2.44 bits per heavy atom. The van der Waals surface area contributed by atoms with Crippen LogP contribution in [0.2, 0.25) is 0 Å². The lowest BCUT2D eigenvalue weighted by atomic mass is 9.87. The fraction of sp³-hybridized carbons (Fsp3) is 0.917. The van der Waals surface area contributed by atoms with Crippen molar-refractivity contribution in [2.75, 3.05) is 33.9 Å². The predicted molar refractivity (Wildman–Crippen MR) is 64.6 cm³/mol. The lowest BCUT2D eigenvalue weighted by Gasteiger charge is -2.20. The van der Waals surface area contributed by atoms with E-state index in [-0.39, 0.29) is 0 Å². The van der Waals surface area contributed by atoms with E-state index in [9.17, 15) is 4.79 Å². The van der Waals surface area contributed by atoms with Gasteiger partial charge in [-0.25, -0.2) is 0 Å². The number of likely N-dealkylation sites (N-methyl/N-ethyl adjacent to an activating group) is 1. The van der Waals surface area contributed by atoms with Crippen LogP contribution < -0.4 is 0 Å². The van der Waals surface area contributed by atoms with Crippen LogP contribution in [0.5, 0.6) is 0 Å². The first kappa shape index (κ1) is 15.4. The fourth-order valence-electron chi connectivity index (χ4n) is 1.41. The molecule has 0 atom stereocenters. The molecule has 0 unspecified atom stereocenters. The summed E-state index contributed by atoms with van der Waals surface area (Å²) in [4.78, 5) is 13.1. The summed E-state index contributed by atoms with van der Waals surface area (Å²) < 4.78 is 4.99. The Hall–Kier alpha value is -0.610. The highest BCUT2D eigenvalue weighted by Gasteiger charge is 2.25. The second-order valence-electron chi connectivity index (χ2n) is 4.94. The number of carboxylic acid groups (broad SMARTS) is 1. The molecule has 0 aromatic rings. The molecule has 0 spiro atoms. The van der Waals surface area contributed by atoms with Gasteiger partial charge in [0, 0.05) is 13.7 Å². The molecule has 4 nitrogen and oxygen atoms in total. The van der Waals surface area contributed by atoms with Crippen LogP contribution in [-0.4, -0.2) is 49.8 Å². The van der Waals surface area contributed by atoms with Gasteiger partial charge in [0.25, 0.3) is 0 Å². The summed E-state index contributed by atoms with van der Waals surface area (Å²) in [6.07, 6.45) is 2.73. The van der Waals surface area contributed by atoms with Crippen molar-refractivity contribution in [2.45, 2.75) is 33.1 Å². The Kier molecular flexibility index (Phi) is 7.34. The van der Waals surface area contributed by atoms with Gasteiger partial charge in [-0.15, -0.1) is 0 Å². The van der Waals surface area contributed by atoms with Crippen LogP contribution in [-0.2, 0) is 9.53 Å². The second kappa shape index (κ2) is 7.63. The molecule has 0 saturated heterocycles. The minimum atomic E-state index is -0.708. The topological polar surface area (TPSA) is 49.8 Å². The van der Waals surface area contributed by atoms with Crippen molar-refractivity contribution in [1.82, 2.24) is 4.90 Å². The zero-order valence-electron chi connectivity index (χ0n) is 11.0. The maximum Gasteiger partial charge on any atom is 0.309 e. The quantitative estimate of drug-likeness (QED) is 0.615. The molecular formula is C12H25NO3. The molecule has 0 amide bonds. The van der Waals surface area contributed by atoms with Crippen molar-refractivity contribution >= 4 is 5.97 Å². The third-order valence-electron chi connectivity index (χ3n) is 2.85. The van der Waals surface area contributed by atoms with E-state index in [1.807, 2.05) is 0 Å². The van der Waals surface area contributed by atoms with E-state index >= 15 is 0 Å². The molecule has 0 radical (unpaired) electrons. The van der Waals surface area contributed by atoms with Crippen LogP contribution >= 0.6 is 0 Å². The zero-order chi connectivity index (χ0) is 12.6. The average Bonchev–Trinajstić information content (AvgIpc) is 2.21. The van der Waals surface area contributed by atoms with Gasteiger partial charge in [0.05, 0.1) is 12.0 Å². The maximum atomic E-state index is 10.9. The van der Waals surface area contributed by atoms with Crippen molar-refractivity contribution in [3.8, 4) is 0 Å². The summed E-state index contributed by atoms with van der Waals surface area (Å²) in [6.45, 7) is 6.24. The number of unbranched alkanes of at least 4 members (excludes halogenated alkanes) is 1. The molecule has 0 aliphatic heterocycles. The van der Waals surface area contributed by atoms with Gasteiger partial charge in [-0.3, -0.25) is 4.79 Å². The summed E-state index contributed by atoms with van der Waals surface area (Å²) in [5, 5.41) is 8.94. The lowest BCUT2D eigenvalue weighted by Crippen LogP contribution is -2.26. The average molecular weight is 231 g/mol. The molecule has 16 heavy (non-hydrogen) atoms. The Morgan fingerprint density at radius 1 is 1.31 bits per heavy atom. The smallest absolute Gasteiger partial charge is 0.309 e. The normalized spacial score (nSPS) is 12.1. The van der Waals surface area contributed by atoms with E-state index in [2.05, 4.69) is 11.9 Å². The molecule has 0 rings (SSSR count). The first-order valence-electron chi connectivity index (χ1n) is 5.81. The zero-order valence-corrected chi connectivity index (χ0v) is 11.0. The highest BCUT2D eigenvalue weighted by Crippen LogP contribution is 2.23. The molecule has 0 aliphatic rings. The van der Waals surface area contributed by atoms with E-state index in [0.29, 0.717) is 0 Å². The number of rotatable bonds is 9. The molecule has 0 saturated carbocycles. The minimum Gasteiger partial charge on any atom is -0.481 e. The van der Waals surface area contributed by atoms with Gasteiger partial charge in [0.1, 0.15) is 0 Å². The van der Waals surface area contributed by atoms with Crippen molar-refractivity contribution < 1.29 is 14.6 Å². The molecule has 0 aromatic heterocycles. The highest BCUT2D eigenvalue weighted by atomic mass is 16.5. The highest BCUT2D eigenvalue weighted by molar-refractivity contribution is 5.73. The maximum absolute atomic E-state index is 10.9. The van der Waals surface area contributed by atoms with Gasteiger partial charge in [-0.05, 0) is 40.3 Å². The van der Waals surface area contributed by atoms with Crippen LogP contribution in [0.3, 0.4) is 0 Å². The molecule has 0 heterocycles. The molecule has 96 valence electrons. The van der Waals surface area contributed by atoms with Gasteiger partial charge in [0.2, 0.25) is 0 Å². The molecular weight excluding hydrogens is 206 g/mol. The lowest BCUT2D eigenvalue weighted by molar-refractivity contribution is -0.147. The number of hydrogen-bond donors (Lipinski definition) is 1. The number of methoxy groups -OCH3 is 1. The van der Waals surface area contributed by atoms with Crippen LogP contribution in [0.4, 0.5) is 0 Å². The predicted octanol–water partition coefficient (Wildman–Crippen LogP) is 1.85. The number of nitrogens with zero attached hydrogens (tertiary/aromatic N) is 1. The Labute approximate surface area is 98.6 Å². The molecule has 0 aromatic carbocycles. The van der Waals surface area contributed by atoms with Crippen molar-refractivity contribution in [1.29, 1.82) is 0 Å². The number of carboxylic acids is 1. The fourth-order valence-corrected chi connectivity index (χ4v) is 1.41. The summed E-state index contributed by atoms with van der Waals surface area (Å²) >= 11 is 0. The van der Waals surface area contributed by atoms with Gasteiger partial charge in [0.15, 0.2) is 0 Å². The van der Waals surface area contributed by atoms with Crippen LogP contribution in [0, 0.1) is 5.41 Å². The number of carbonyl (C=O) groups is 1. The van der Waals surface area contributed by atoms with Crippen molar-refractivity contribution in [3.63, 3.8) is 0 Å². The van der Waals surface area contributed by atoms with E-state index in [1.54, 1.807) is 21.0 Å². The van der Waals surface area contributed by atoms with Crippen molar-refractivity contribution in [3.05, 3.63) is 0 Å². The van der Waals surface area contributed by atoms with Gasteiger partial charge >= 0.3 is 5.97 Å². The Morgan fingerprint density at radius 2 is 1.94 bits per heavy atom. The molecule has 0 fully saturated rings. The molecule has 1 N–H and O–H groups in total. The van der Waals surface area contributed by atoms with E-state index in [1.165, 1.54) is 0 Å². The Bertz CT molecular complexity index is 204. The number of hydrogen-bond acceptors (Lipinski definition) is 3. The molecule has 0 aliphatic carbocycles.